The van der Waals surface area contributed by atoms with Gasteiger partial charge in [-0.15, -0.1) is 0 Å². The van der Waals surface area contributed by atoms with Crippen LogP contribution >= 0.6 is 0 Å². The molecule has 2 fully saturated rings. The molecule has 0 spiro atoms. The van der Waals surface area contributed by atoms with E-state index < -0.39 is 0 Å². The molecule has 1 amide bonds. The molecule has 0 bridgehead atoms. The van der Waals surface area contributed by atoms with Crippen molar-refractivity contribution in [2.75, 3.05) is 32.8 Å². The maximum Gasteiger partial charge on any atom is 0.228 e. The maximum atomic E-state index is 12.3. The van der Waals surface area contributed by atoms with Gasteiger partial charge in [0.25, 0.3) is 0 Å². The van der Waals surface area contributed by atoms with E-state index in [-0.39, 0.29) is 24.0 Å². The molecule has 11 nitrogen and oxygen atoms in total. The van der Waals surface area contributed by atoms with Gasteiger partial charge in [0.15, 0.2) is 5.75 Å². The first-order valence-electron chi connectivity index (χ1n) is 12.9. The molecule has 11 heteroatoms. The fourth-order valence-electron chi connectivity index (χ4n) is 5.13. The molecule has 1 saturated heterocycles. The molecular weight excluding hydrogens is 486 g/mol. The zero-order valence-electron chi connectivity index (χ0n) is 21.8. The third-order valence-electron chi connectivity index (χ3n) is 7.26. The number of nitrogens with one attached hydrogen (secondary N) is 1. The van der Waals surface area contributed by atoms with Gasteiger partial charge in [-0.05, 0) is 37.8 Å². The molecule has 1 aliphatic heterocycles. The molecule has 4 aromatic rings. The predicted molar refractivity (Wildman–Crippen MR) is 141 cm³/mol. The average molecular weight is 518 g/mol. The first kappa shape index (κ1) is 24.5. The fraction of sp³-hybridized carbons (Fsp3) is 0.444. The number of pyridine rings is 2. The quantitative estimate of drug-likeness (QED) is 0.377. The van der Waals surface area contributed by atoms with Crippen molar-refractivity contribution < 1.29 is 19.0 Å². The van der Waals surface area contributed by atoms with E-state index in [0.29, 0.717) is 29.6 Å². The van der Waals surface area contributed by atoms with Crippen molar-refractivity contribution >= 4 is 22.6 Å². The smallest absolute Gasteiger partial charge is 0.228 e. The molecule has 6 rings (SSSR count). The van der Waals surface area contributed by atoms with Gasteiger partial charge in [-0.2, -0.15) is 10.2 Å². The van der Waals surface area contributed by atoms with Crippen LogP contribution in [0.1, 0.15) is 31.7 Å². The van der Waals surface area contributed by atoms with Crippen molar-refractivity contribution in [1.29, 1.82) is 0 Å². The SMILES string of the molecule is COC[C@@H]1OCCC[C@H]1n1cc(-c2ccnc(-c3nn(C)c4cnc(NC(=O)C5CC5)cc34)c2OC)cn1. The molecule has 0 unspecified atom stereocenters. The first-order valence-corrected chi connectivity index (χ1v) is 12.9. The monoisotopic (exact) mass is 517 g/mol. The van der Waals surface area contributed by atoms with E-state index in [1.165, 1.54) is 0 Å². The van der Waals surface area contributed by atoms with Crippen LogP contribution in [0.5, 0.6) is 5.75 Å². The minimum Gasteiger partial charge on any atom is -0.494 e. The molecule has 2 aliphatic rings. The number of carbonyl (C=O) groups is 1. The average Bonchev–Trinajstić information content (AvgIpc) is 3.59. The van der Waals surface area contributed by atoms with Crippen LogP contribution in [-0.2, 0) is 21.3 Å². The Balaban J connectivity index is 1.37. The van der Waals surface area contributed by atoms with Gasteiger partial charge < -0.3 is 19.5 Å². The van der Waals surface area contributed by atoms with Crippen LogP contribution < -0.4 is 10.1 Å². The number of fused-ring (bicyclic) bond motifs is 1. The summed E-state index contributed by atoms with van der Waals surface area (Å²) >= 11 is 0. The van der Waals surface area contributed by atoms with Crippen LogP contribution in [0.3, 0.4) is 0 Å². The van der Waals surface area contributed by atoms with Crippen molar-refractivity contribution in [3.8, 4) is 28.3 Å². The number of nitrogens with zero attached hydrogens (tertiary/aromatic N) is 6. The summed E-state index contributed by atoms with van der Waals surface area (Å²) in [7, 11) is 5.18. The third kappa shape index (κ3) is 4.52. The number of anilines is 1. The first-order chi connectivity index (χ1) is 18.6. The summed E-state index contributed by atoms with van der Waals surface area (Å²) in [4.78, 5) is 21.4. The number of carbonyl (C=O) groups excluding carboxylic acids is 1. The van der Waals surface area contributed by atoms with E-state index in [9.17, 15) is 4.79 Å². The fourth-order valence-corrected chi connectivity index (χ4v) is 5.13. The molecule has 0 aromatic carbocycles. The zero-order valence-corrected chi connectivity index (χ0v) is 21.8. The molecule has 1 N–H and O–H groups in total. The molecule has 5 heterocycles. The second kappa shape index (κ2) is 10.1. The minimum absolute atomic E-state index is 0.00751. The van der Waals surface area contributed by atoms with Crippen molar-refractivity contribution in [3.63, 3.8) is 0 Å². The van der Waals surface area contributed by atoms with Crippen LogP contribution in [-0.4, -0.2) is 69.0 Å². The summed E-state index contributed by atoms with van der Waals surface area (Å²) in [5.41, 5.74) is 3.85. The largest absolute Gasteiger partial charge is 0.494 e. The standard InChI is InChI=1S/C27H31N7O4/c1-33-21-13-29-23(31-27(35)16-6-7-16)11-19(21)24(32-33)25-26(37-3)18(8-9-28-25)17-12-30-34(14-17)20-5-4-10-38-22(20)15-36-2/h8-9,11-14,16,20,22H,4-7,10,15H2,1-3H3,(H,29,31,35)/t20-,22+/m1/s1. The number of rotatable bonds is 8. The van der Waals surface area contributed by atoms with Crippen LogP contribution in [0, 0.1) is 5.92 Å². The van der Waals surface area contributed by atoms with Crippen molar-refractivity contribution in [2.45, 2.75) is 37.8 Å². The summed E-state index contributed by atoms with van der Waals surface area (Å²) in [6.07, 6.45) is 11.1. The Kier molecular flexibility index (Phi) is 6.54. The summed E-state index contributed by atoms with van der Waals surface area (Å²) in [5.74, 6) is 1.19. The Morgan fingerprint density at radius 1 is 1.18 bits per heavy atom. The van der Waals surface area contributed by atoms with E-state index in [1.54, 1.807) is 31.3 Å². The van der Waals surface area contributed by atoms with Crippen molar-refractivity contribution in [1.82, 2.24) is 29.5 Å². The number of methoxy groups -OCH3 is 2. The Morgan fingerprint density at radius 2 is 2.05 bits per heavy atom. The molecule has 2 atom stereocenters. The van der Waals surface area contributed by atoms with E-state index in [0.717, 1.165) is 54.3 Å². The van der Waals surface area contributed by atoms with Crippen LogP contribution in [0.25, 0.3) is 33.4 Å². The summed E-state index contributed by atoms with van der Waals surface area (Å²) in [6.45, 7) is 1.26. The summed E-state index contributed by atoms with van der Waals surface area (Å²) in [6, 6.07) is 3.87. The lowest BCUT2D eigenvalue weighted by atomic mass is 10.0. The van der Waals surface area contributed by atoms with Gasteiger partial charge >= 0.3 is 0 Å². The summed E-state index contributed by atoms with van der Waals surface area (Å²) < 4.78 is 21.0. The number of amides is 1. The zero-order chi connectivity index (χ0) is 26.2. The van der Waals surface area contributed by atoms with Crippen LogP contribution in [0.15, 0.2) is 36.9 Å². The molecule has 38 heavy (non-hydrogen) atoms. The topological polar surface area (TPSA) is 118 Å². The highest BCUT2D eigenvalue weighted by Crippen LogP contribution is 2.40. The van der Waals surface area contributed by atoms with E-state index in [4.69, 9.17) is 19.3 Å². The van der Waals surface area contributed by atoms with Crippen LogP contribution in [0.4, 0.5) is 5.82 Å². The lowest BCUT2D eigenvalue weighted by Crippen LogP contribution is -2.35. The number of aromatic nitrogens is 6. The van der Waals surface area contributed by atoms with Gasteiger partial charge in [0, 0.05) is 55.6 Å². The van der Waals surface area contributed by atoms with Gasteiger partial charge in [0.05, 0.1) is 37.7 Å². The van der Waals surface area contributed by atoms with Gasteiger partial charge in [0.2, 0.25) is 5.91 Å². The second-order valence-corrected chi connectivity index (χ2v) is 9.85. The highest BCUT2D eigenvalue weighted by atomic mass is 16.5. The number of aryl methyl sites for hydroxylation is 1. The molecular formula is C27H31N7O4. The lowest BCUT2D eigenvalue weighted by Gasteiger charge is -2.31. The van der Waals surface area contributed by atoms with E-state index in [1.807, 2.05) is 36.3 Å². The Labute approximate surface area is 220 Å². The second-order valence-electron chi connectivity index (χ2n) is 9.85. The molecule has 198 valence electrons. The highest BCUT2D eigenvalue weighted by Gasteiger charge is 2.31. The van der Waals surface area contributed by atoms with Gasteiger partial charge in [-0.1, -0.05) is 0 Å². The number of hydrogen-bond acceptors (Lipinski definition) is 8. The third-order valence-corrected chi connectivity index (χ3v) is 7.26. The van der Waals surface area contributed by atoms with E-state index >= 15 is 0 Å². The van der Waals surface area contributed by atoms with Gasteiger partial charge in [-0.3, -0.25) is 19.1 Å². The highest BCUT2D eigenvalue weighted by molar-refractivity contribution is 5.99. The number of ether oxygens (including phenoxy) is 3. The van der Waals surface area contributed by atoms with Gasteiger partial charge in [0.1, 0.15) is 23.3 Å². The maximum absolute atomic E-state index is 12.3. The molecule has 0 radical (unpaired) electrons. The Morgan fingerprint density at radius 3 is 2.84 bits per heavy atom. The normalized spacial score (nSPS) is 19.6. The lowest BCUT2D eigenvalue weighted by molar-refractivity contribution is -0.117. The minimum atomic E-state index is -0.0421. The Bertz CT molecular complexity index is 1470. The molecule has 1 aliphatic carbocycles. The molecule has 1 saturated carbocycles. The predicted octanol–water partition coefficient (Wildman–Crippen LogP) is 3.62. The van der Waals surface area contributed by atoms with Crippen molar-refractivity contribution in [3.05, 3.63) is 36.9 Å². The van der Waals surface area contributed by atoms with Crippen molar-refractivity contribution in [2.24, 2.45) is 13.0 Å². The van der Waals surface area contributed by atoms with Gasteiger partial charge in [-0.25, -0.2) is 4.98 Å². The van der Waals surface area contributed by atoms with Crippen LogP contribution in [0.2, 0.25) is 0 Å². The van der Waals surface area contributed by atoms with E-state index in [2.05, 4.69) is 20.4 Å². The molecule has 4 aromatic heterocycles. The Hall–Kier alpha value is -3.83. The number of hydrogen-bond donors (Lipinski definition) is 1. The summed E-state index contributed by atoms with van der Waals surface area (Å²) in [5, 5.41) is 13.2.